The average molecular weight is 267 g/mol. The summed E-state index contributed by atoms with van der Waals surface area (Å²) in [5, 5.41) is 5.92. The van der Waals surface area contributed by atoms with Crippen LogP contribution in [0.4, 0.5) is 0 Å². The van der Waals surface area contributed by atoms with Gasteiger partial charge in [-0.3, -0.25) is 0 Å². The van der Waals surface area contributed by atoms with Gasteiger partial charge in [-0.15, -0.1) is 11.3 Å². The van der Waals surface area contributed by atoms with Crippen LogP contribution >= 0.6 is 11.3 Å². The Hall–Kier alpha value is -1.24. The van der Waals surface area contributed by atoms with E-state index in [2.05, 4.69) is 10.1 Å². The molecule has 2 heterocycles. The Labute approximate surface area is 110 Å². The molecule has 2 rings (SSSR count). The van der Waals surface area contributed by atoms with E-state index in [-0.39, 0.29) is 12.1 Å². The van der Waals surface area contributed by atoms with Crippen molar-refractivity contribution in [2.75, 3.05) is 6.61 Å². The van der Waals surface area contributed by atoms with Crippen LogP contribution < -0.4 is 5.73 Å². The lowest BCUT2D eigenvalue weighted by atomic mass is 10.2. The van der Waals surface area contributed by atoms with E-state index >= 15 is 0 Å². The largest absolute Gasteiger partial charge is 0.370 e. The van der Waals surface area contributed by atoms with Crippen LogP contribution in [0.25, 0.3) is 0 Å². The maximum atomic E-state index is 6.06. The van der Waals surface area contributed by atoms with E-state index in [9.17, 15) is 0 Å². The number of thiophene rings is 1. The molecule has 6 heteroatoms. The smallest absolute Gasteiger partial charge is 0.249 e. The van der Waals surface area contributed by atoms with Crippen molar-refractivity contribution >= 4 is 11.3 Å². The first-order valence-corrected chi connectivity index (χ1v) is 6.88. The molecule has 2 atom stereocenters. The lowest BCUT2D eigenvalue weighted by Gasteiger charge is -2.09. The fourth-order valence-corrected chi connectivity index (χ4v) is 2.39. The van der Waals surface area contributed by atoms with Gasteiger partial charge >= 0.3 is 0 Å². The molecule has 0 bridgehead atoms. The normalized spacial score (nSPS) is 14.6. The Kier molecular flexibility index (Phi) is 4.46. The molecule has 5 nitrogen and oxygen atoms in total. The summed E-state index contributed by atoms with van der Waals surface area (Å²) in [6.45, 7) is 4.59. The van der Waals surface area contributed by atoms with Crippen molar-refractivity contribution in [1.29, 1.82) is 0 Å². The highest BCUT2D eigenvalue weighted by Crippen LogP contribution is 2.24. The minimum absolute atomic E-state index is 0.122. The van der Waals surface area contributed by atoms with Gasteiger partial charge in [-0.05, 0) is 24.8 Å². The third-order valence-corrected chi connectivity index (χ3v) is 3.56. The van der Waals surface area contributed by atoms with E-state index in [0.717, 1.165) is 11.3 Å². The predicted molar refractivity (Wildman–Crippen MR) is 69.3 cm³/mol. The van der Waals surface area contributed by atoms with E-state index < -0.39 is 0 Å². The van der Waals surface area contributed by atoms with Gasteiger partial charge in [-0.25, -0.2) is 0 Å². The van der Waals surface area contributed by atoms with Gasteiger partial charge in [0.25, 0.3) is 0 Å². The van der Waals surface area contributed by atoms with Crippen molar-refractivity contribution in [2.45, 2.75) is 32.4 Å². The van der Waals surface area contributed by atoms with Crippen LogP contribution in [-0.4, -0.2) is 16.7 Å². The first-order chi connectivity index (χ1) is 8.76. The van der Waals surface area contributed by atoms with Crippen molar-refractivity contribution in [3.63, 3.8) is 0 Å². The van der Waals surface area contributed by atoms with Crippen LogP contribution in [0.15, 0.2) is 22.0 Å². The number of nitrogens with zero attached hydrogens (tertiary/aromatic N) is 2. The van der Waals surface area contributed by atoms with Gasteiger partial charge in [0.15, 0.2) is 0 Å². The molecule has 0 aliphatic heterocycles. The monoisotopic (exact) mass is 267 g/mol. The maximum absolute atomic E-state index is 6.06. The molecule has 2 N–H and O–H groups in total. The zero-order chi connectivity index (χ0) is 13.0. The summed E-state index contributed by atoms with van der Waals surface area (Å²) in [5.74, 6) is 1.01. The molecular weight excluding hydrogens is 250 g/mol. The molecule has 2 aromatic heterocycles. The molecule has 2 unspecified atom stereocenters. The average Bonchev–Trinajstić information content (AvgIpc) is 3.05. The molecule has 0 aliphatic carbocycles. The van der Waals surface area contributed by atoms with Crippen molar-refractivity contribution in [3.05, 3.63) is 34.1 Å². The second-order valence-electron chi connectivity index (χ2n) is 3.84. The van der Waals surface area contributed by atoms with Gasteiger partial charge in [0.05, 0.1) is 0 Å². The van der Waals surface area contributed by atoms with Crippen LogP contribution in [0.3, 0.4) is 0 Å². The summed E-state index contributed by atoms with van der Waals surface area (Å²) in [6, 6.07) is 3.55. The van der Waals surface area contributed by atoms with Gasteiger partial charge in [-0.2, -0.15) is 4.98 Å². The zero-order valence-corrected chi connectivity index (χ0v) is 11.3. The molecule has 2 aromatic rings. The van der Waals surface area contributed by atoms with E-state index in [4.69, 9.17) is 15.0 Å². The van der Waals surface area contributed by atoms with E-state index in [1.54, 1.807) is 11.3 Å². The molecule has 0 saturated heterocycles. The van der Waals surface area contributed by atoms with Crippen LogP contribution in [0, 0.1) is 0 Å². The van der Waals surface area contributed by atoms with Crippen LogP contribution in [0.2, 0.25) is 0 Å². The molecule has 0 fully saturated rings. The number of ether oxygens (including phenoxy) is 1. The van der Waals surface area contributed by atoms with Gasteiger partial charge < -0.3 is 15.0 Å². The highest BCUT2D eigenvalue weighted by Gasteiger charge is 2.21. The molecule has 0 aliphatic rings. The number of rotatable bonds is 6. The quantitative estimate of drug-likeness (QED) is 0.871. The summed E-state index contributed by atoms with van der Waals surface area (Å²) >= 11 is 1.58. The van der Waals surface area contributed by atoms with E-state index in [1.165, 1.54) is 0 Å². The molecule has 98 valence electrons. The number of nitrogens with two attached hydrogens (primary N) is 1. The Morgan fingerprint density at radius 1 is 1.50 bits per heavy atom. The number of hydrogen-bond acceptors (Lipinski definition) is 6. The van der Waals surface area contributed by atoms with E-state index in [0.29, 0.717) is 18.3 Å². The molecule has 0 amide bonds. The predicted octanol–water partition coefficient (Wildman–Crippen LogP) is 2.67. The van der Waals surface area contributed by atoms with E-state index in [1.807, 2.05) is 31.4 Å². The van der Waals surface area contributed by atoms with Gasteiger partial charge in [0, 0.05) is 11.5 Å². The summed E-state index contributed by atoms with van der Waals surface area (Å²) < 4.78 is 10.8. The number of hydrogen-bond donors (Lipinski definition) is 1. The fraction of sp³-hybridized carbons (Fsp3) is 0.500. The zero-order valence-electron chi connectivity index (χ0n) is 10.5. The highest BCUT2D eigenvalue weighted by atomic mass is 32.1. The maximum Gasteiger partial charge on any atom is 0.249 e. The van der Waals surface area contributed by atoms with Gasteiger partial charge in [0.2, 0.25) is 11.7 Å². The van der Waals surface area contributed by atoms with Crippen molar-refractivity contribution in [2.24, 2.45) is 5.73 Å². The molecule has 0 aromatic carbocycles. The van der Waals surface area contributed by atoms with Crippen LogP contribution in [-0.2, 0) is 4.74 Å². The summed E-state index contributed by atoms with van der Waals surface area (Å²) in [7, 11) is 0. The van der Waals surface area contributed by atoms with Crippen LogP contribution in [0.5, 0.6) is 0 Å². The van der Waals surface area contributed by atoms with Crippen molar-refractivity contribution in [3.8, 4) is 0 Å². The second kappa shape index (κ2) is 6.08. The summed E-state index contributed by atoms with van der Waals surface area (Å²) in [4.78, 5) is 5.34. The van der Waals surface area contributed by atoms with Crippen molar-refractivity contribution < 1.29 is 9.26 Å². The molecular formula is C12H17N3O2S. The Bertz CT molecular complexity index is 469. The van der Waals surface area contributed by atoms with Crippen molar-refractivity contribution in [1.82, 2.24) is 10.1 Å². The number of aromatic nitrogens is 2. The lowest BCUT2D eigenvalue weighted by molar-refractivity contribution is 0.0518. The molecule has 0 spiro atoms. The molecule has 0 radical (unpaired) electrons. The standard InChI is InChI=1S/C12H17N3O2S/c1-3-8(16-4-2)11-14-12(17-15-11)10(13)9-6-5-7-18-9/h5-8,10H,3-4,13H2,1-2H3. The molecule has 18 heavy (non-hydrogen) atoms. The SMILES string of the molecule is CCOC(CC)c1noc(C(N)c2cccs2)n1. The topological polar surface area (TPSA) is 74.2 Å². The summed E-state index contributed by atoms with van der Waals surface area (Å²) in [5.41, 5.74) is 6.06. The Morgan fingerprint density at radius 3 is 2.94 bits per heavy atom. The third-order valence-electron chi connectivity index (χ3n) is 2.60. The fourth-order valence-electron chi connectivity index (χ4n) is 1.67. The summed E-state index contributed by atoms with van der Waals surface area (Å²) in [6.07, 6.45) is 0.684. The minimum atomic E-state index is -0.356. The first kappa shape index (κ1) is 13.2. The van der Waals surface area contributed by atoms with Gasteiger partial charge in [-0.1, -0.05) is 18.1 Å². The Morgan fingerprint density at radius 2 is 2.33 bits per heavy atom. The second-order valence-corrected chi connectivity index (χ2v) is 4.82. The first-order valence-electron chi connectivity index (χ1n) is 6.00. The van der Waals surface area contributed by atoms with Gasteiger partial charge in [0.1, 0.15) is 12.1 Å². The lowest BCUT2D eigenvalue weighted by Crippen LogP contribution is -2.11. The van der Waals surface area contributed by atoms with Crippen LogP contribution in [0.1, 0.15) is 49.0 Å². The highest BCUT2D eigenvalue weighted by molar-refractivity contribution is 7.10. The third kappa shape index (κ3) is 2.77. The Balaban J connectivity index is 2.14. The minimum Gasteiger partial charge on any atom is -0.370 e. The molecule has 0 saturated carbocycles.